The number of nitrogens with one attached hydrogen (secondary N) is 2. The largest absolute Gasteiger partial charge is 0.386 e. The molecule has 27 heavy (non-hydrogen) atoms. The molecule has 2 aromatic rings. The number of aliphatic imine (C=N–C) groups is 1. The van der Waals surface area contributed by atoms with E-state index >= 15 is 0 Å². The third-order valence-electron chi connectivity index (χ3n) is 4.25. The van der Waals surface area contributed by atoms with Crippen molar-refractivity contribution in [3.8, 4) is 0 Å². The number of halogens is 2. The summed E-state index contributed by atoms with van der Waals surface area (Å²) in [5.41, 5.74) is 0. The van der Waals surface area contributed by atoms with E-state index in [9.17, 15) is 5.11 Å². The van der Waals surface area contributed by atoms with E-state index in [2.05, 4.69) is 32.6 Å². The van der Waals surface area contributed by atoms with Crippen molar-refractivity contribution in [3.05, 3.63) is 33.0 Å². The summed E-state index contributed by atoms with van der Waals surface area (Å²) >= 11 is 7.31. The molecule has 150 valence electrons. The monoisotopic (exact) mass is 524 g/mol. The molecule has 2 unspecified atom stereocenters. The fraction of sp³-hybridized carbons (Fsp3) is 0.588. The average Bonchev–Trinajstić information content (AvgIpc) is 3.25. The molecule has 0 aromatic carbocycles. The van der Waals surface area contributed by atoms with Crippen molar-refractivity contribution >= 4 is 52.9 Å². The van der Waals surface area contributed by atoms with Crippen LogP contribution in [-0.2, 0) is 19.4 Å². The zero-order valence-electron chi connectivity index (χ0n) is 15.5. The second kappa shape index (κ2) is 10.6. The maximum Gasteiger partial charge on any atom is 0.191 e. The van der Waals surface area contributed by atoms with Crippen LogP contribution in [0.15, 0.2) is 17.1 Å². The second-order valence-electron chi connectivity index (χ2n) is 6.24. The van der Waals surface area contributed by atoms with Crippen molar-refractivity contribution in [2.45, 2.75) is 51.8 Å². The lowest BCUT2D eigenvalue weighted by atomic mass is 10.1. The molecule has 1 aliphatic heterocycles. The van der Waals surface area contributed by atoms with Gasteiger partial charge in [0, 0.05) is 30.3 Å². The molecule has 0 aliphatic carbocycles. The van der Waals surface area contributed by atoms with Gasteiger partial charge in [0.1, 0.15) is 11.9 Å². The van der Waals surface area contributed by atoms with Crippen LogP contribution < -0.4 is 10.6 Å². The van der Waals surface area contributed by atoms with Crippen molar-refractivity contribution in [1.29, 1.82) is 0 Å². The predicted octanol–water partition coefficient (Wildman–Crippen LogP) is 2.78. The van der Waals surface area contributed by atoms with E-state index in [4.69, 9.17) is 11.6 Å². The minimum absolute atomic E-state index is 0. The van der Waals surface area contributed by atoms with Crippen molar-refractivity contribution in [2.24, 2.45) is 4.99 Å². The predicted molar refractivity (Wildman–Crippen MR) is 120 cm³/mol. The van der Waals surface area contributed by atoms with E-state index in [0.717, 1.165) is 48.9 Å². The lowest BCUT2D eigenvalue weighted by molar-refractivity contribution is 0.191. The molecule has 10 heteroatoms. The number of aliphatic hydroxyl groups excluding tert-OH is 1. The Labute approximate surface area is 185 Å². The summed E-state index contributed by atoms with van der Waals surface area (Å²) in [5, 5.41) is 21.5. The Morgan fingerprint density at radius 2 is 2.30 bits per heavy atom. The Bertz CT molecular complexity index is 764. The fourth-order valence-electron chi connectivity index (χ4n) is 2.92. The van der Waals surface area contributed by atoms with Gasteiger partial charge >= 0.3 is 0 Å². The summed E-state index contributed by atoms with van der Waals surface area (Å²) in [5.74, 6) is 2.67. The number of hydrogen-bond acceptors (Lipinski definition) is 5. The van der Waals surface area contributed by atoms with Crippen molar-refractivity contribution in [2.75, 3.05) is 13.1 Å². The Morgan fingerprint density at radius 3 is 2.96 bits per heavy atom. The van der Waals surface area contributed by atoms with Gasteiger partial charge < -0.3 is 15.7 Å². The number of rotatable bonds is 6. The zero-order valence-corrected chi connectivity index (χ0v) is 19.4. The molecular formula is C17H26ClIN6OS. The number of aliphatic hydroxyl groups is 1. The van der Waals surface area contributed by atoms with Crippen LogP contribution in [0.3, 0.4) is 0 Å². The van der Waals surface area contributed by atoms with Gasteiger partial charge in [-0.05, 0) is 25.5 Å². The van der Waals surface area contributed by atoms with Crippen LogP contribution in [-0.4, -0.2) is 45.0 Å². The lowest BCUT2D eigenvalue weighted by Crippen LogP contribution is -2.47. The maximum absolute atomic E-state index is 10.3. The van der Waals surface area contributed by atoms with Gasteiger partial charge in [-0.25, -0.2) is 9.67 Å². The highest BCUT2D eigenvalue weighted by molar-refractivity contribution is 14.0. The first-order chi connectivity index (χ1) is 12.6. The van der Waals surface area contributed by atoms with E-state index < -0.39 is 6.10 Å². The molecule has 0 bridgehead atoms. The van der Waals surface area contributed by atoms with Crippen LogP contribution in [0.4, 0.5) is 0 Å². The van der Waals surface area contributed by atoms with Gasteiger partial charge in [-0.3, -0.25) is 4.99 Å². The van der Waals surface area contributed by atoms with Crippen LogP contribution in [0.5, 0.6) is 0 Å². The molecule has 1 aliphatic rings. The van der Waals surface area contributed by atoms with Gasteiger partial charge in [0.05, 0.1) is 17.4 Å². The van der Waals surface area contributed by atoms with E-state index in [-0.39, 0.29) is 36.6 Å². The molecule has 0 radical (unpaired) electrons. The summed E-state index contributed by atoms with van der Waals surface area (Å²) in [7, 11) is 0. The van der Waals surface area contributed by atoms with Crippen molar-refractivity contribution < 1.29 is 5.11 Å². The third-order valence-corrected chi connectivity index (χ3v) is 5.58. The second-order valence-corrected chi connectivity index (χ2v) is 7.98. The smallest absolute Gasteiger partial charge is 0.191 e. The lowest BCUT2D eigenvalue weighted by Gasteiger charge is -2.25. The molecule has 3 rings (SSSR count). The molecular weight excluding hydrogens is 499 g/mol. The van der Waals surface area contributed by atoms with Crippen molar-refractivity contribution in [3.63, 3.8) is 0 Å². The highest BCUT2D eigenvalue weighted by Gasteiger charge is 2.22. The van der Waals surface area contributed by atoms with Crippen molar-refractivity contribution in [1.82, 2.24) is 25.4 Å². The summed E-state index contributed by atoms with van der Waals surface area (Å²) in [4.78, 5) is 9.91. The van der Waals surface area contributed by atoms with E-state index in [1.165, 1.54) is 11.3 Å². The normalized spacial score (nSPS) is 17.8. The van der Waals surface area contributed by atoms with Crippen LogP contribution in [0.1, 0.15) is 42.9 Å². The Morgan fingerprint density at radius 1 is 1.48 bits per heavy atom. The van der Waals surface area contributed by atoms with Gasteiger partial charge in [-0.1, -0.05) is 18.5 Å². The van der Waals surface area contributed by atoms with Gasteiger partial charge in [-0.15, -0.1) is 35.3 Å². The summed E-state index contributed by atoms with van der Waals surface area (Å²) in [6.45, 7) is 5.91. The van der Waals surface area contributed by atoms with E-state index in [1.54, 1.807) is 6.07 Å². The quantitative estimate of drug-likeness (QED) is 0.307. The average molecular weight is 525 g/mol. The zero-order chi connectivity index (χ0) is 18.5. The van der Waals surface area contributed by atoms with Crippen LogP contribution >= 0.6 is 46.9 Å². The number of guanidine groups is 1. The molecule has 3 N–H and O–H groups in total. The molecule has 2 aromatic heterocycles. The topological polar surface area (TPSA) is 87.4 Å². The molecule has 0 amide bonds. The Kier molecular flexibility index (Phi) is 8.77. The van der Waals surface area contributed by atoms with Crippen LogP contribution in [0.25, 0.3) is 0 Å². The summed E-state index contributed by atoms with van der Waals surface area (Å²) in [6.07, 6.45) is 2.09. The Balaban J connectivity index is 0.00000261. The molecule has 0 spiro atoms. The van der Waals surface area contributed by atoms with Crippen LogP contribution in [0.2, 0.25) is 4.34 Å². The summed E-state index contributed by atoms with van der Waals surface area (Å²) < 4.78 is 2.66. The van der Waals surface area contributed by atoms with Gasteiger partial charge in [-0.2, -0.15) is 5.10 Å². The fourth-order valence-corrected chi connectivity index (χ4v) is 3.95. The first kappa shape index (κ1) is 22.4. The van der Waals surface area contributed by atoms with Gasteiger partial charge in [0.2, 0.25) is 0 Å². The van der Waals surface area contributed by atoms with Gasteiger partial charge in [0.25, 0.3) is 0 Å². The molecule has 0 saturated heterocycles. The van der Waals surface area contributed by atoms with E-state index in [0.29, 0.717) is 10.3 Å². The number of aromatic nitrogens is 3. The highest BCUT2D eigenvalue weighted by atomic mass is 127. The molecule has 2 atom stereocenters. The standard InChI is InChI=1S/C17H25ClN6OS.HI/c1-3-15-22-16-8-5-11(10-24(16)23-15)21-17(19-4-2)20-9-12(25)13-6-7-14(18)26-13;/h6-7,11-12,25H,3-5,8-10H2,1-2H3,(H2,19,20,21);1H. The van der Waals surface area contributed by atoms with Crippen LogP contribution in [0, 0.1) is 0 Å². The third kappa shape index (κ3) is 6.03. The first-order valence-electron chi connectivity index (χ1n) is 8.99. The Hall–Kier alpha value is -0.910. The molecule has 0 fully saturated rings. The van der Waals surface area contributed by atoms with E-state index in [1.807, 2.05) is 17.7 Å². The maximum atomic E-state index is 10.3. The number of thiophene rings is 1. The summed E-state index contributed by atoms with van der Waals surface area (Å²) in [6, 6.07) is 3.87. The SMILES string of the molecule is CCNC(=NCC(O)c1ccc(Cl)s1)NC1CCc2nc(CC)nn2C1.I. The van der Waals surface area contributed by atoms with Gasteiger partial charge in [0.15, 0.2) is 11.8 Å². The first-order valence-corrected chi connectivity index (χ1v) is 10.2. The number of fused-ring (bicyclic) bond motifs is 1. The number of hydrogen-bond donors (Lipinski definition) is 3. The number of aryl methyl sites for hydroxylation is 2. The number of nitrogens with zero attached hydrogens (tertiary/aromatic N) is 4. The minimum Gasteiger partial charge on any atom is -0.386 e. The molecule has 3 heterocycles. The highest BCUT2D eigenvalue weighted by Crippen LogP contribution is 2.26. The molecule has 7 nitrogen and oxygen atoms in total. The molecule has 0 saturated carbocycles. The minimum atomic E-state index is -0.650.